The third-order valence-corrected chi connectivity index (χ3v) is 3.57. The molecular formula is C15H20Cl2N4O4. The molecule has 1 unspecified atom stereocenters. The third kappa shape index (κ3) is 5.48. The van der Waals surface area contributed by atoms with Crippen molar-refractivity contribution < 1.29 is 18.8 Å². The second-order valence-electron chi connectivity index (χ2n) is 5.15. The number of amides is 1. The highest BCUT2D eigenvalue weighted by atomic mass is 35.5. The summed E-state index contributed by atoms with van der Waals surface area (Å²) in [5, 5.41) is 7.29. The number of halogens is 2. The van der Waals surface area contributed by atoms with Crippen molar-refractivity contribution in [2.75, 3.05) is 20.8 Å². The third-order valence-electron chi connectivity index (χ3n) is 3.28. The highest BCUT2D eigenvalue weighted by Crippen LogP contribution is 2.39. The van der Waals surface area contributed by atoms with Gasteiger partial charge in [0.1, 0.15) is 0 Å². The van der Waals surface area contributed by atoms with Crippen LogP contribution in [-0.2, 0) is 11.2 Å². The van der Waals surface area contributed by atoms with Crippen molar-refractivity contribution >= 4 is 29.9 Å². The quantitative estimate of drug-likeness (QED) is 0.706. The van der Waals surface area contributed by atoms with E-state index in [-0.39, 0.29) is 35.8 Å². The highest BCUT2D eigenvalue weighted by Gasteiger charge is 2.17. The number of nitrogens with zero attached hydrogens (tertiary/aromatic N) is 2. The summed E-state index contributed by atoms with van der Waals surface area (Å²) >= 11 is 6.20. The lowest BCUT2D eigenvalue weighted by atomic mass is 10.2. The van der Waals surface area contributed by atoms with Gasteiger partial charge in [0.25, 0.3) is 11.8 Å². The number of primary amides is 1. The molecule has 0 saturated carbocycles. The summed E-state index contributed by atoms with van der Waals surface area (Å²) in [4.78, 5) is 15.2. The fraction of sp³-hybridized carbons (Fsp3) is 0.400. The van der Waals surface area contributed by atoms with Crippen molar-refractivity contribution in [3.05, 3.63) is 23.0 Å². The van der Waals surface area contributed by atoms with Crippen LogP contribution in [0.15, 0.2) is 16.7 Å². The Kier molecular flexibility index (Phi) is 7.95. The Balaban J connectivity index is 0.00000312. The second-order valence-corrected chi connectivity index (χ2v) is 5.56. The van der Waals surface area contributed by atoms with Crippen molar-refractivity contribution in [1.29, 1.82) is 0 Å². The van der Waals surface area contributed by atoms with Crippen molar-refractivity contribution in [2.24, 2.45) is 5.73 Å². The Labute approximate surface area is 156 Å². The van der Waals surface area contributed by atoms with Crippen LogP contribution in [0.4, 0.5) is 0 Å². The molecule has 0 aliphatic rings. The fourth-order valence-electron chi connectivity index (χ4n) is 1.96. The van der Waals surface area contributed by atoms with Crippen molar-refractivity contribution in [2.45, 2.75) is 19.4 Å². The molecule has 1 aromatic heterocycles. The van der Waals surface area contributed by atoms with E-state index >= 15 is 0 Å². The van der Waals surface area contributed by atoms with Crippen LogP contribution in [-0.4, -0.2) is 42.9 Å². The molecule has 1 aromatic carbocycles. The first-order chi connectivity index (χ1) is 11.4. The van der Waals surface area contributed by atoms with E-state index in [4.69, 9.17) is 31.3 Å². The number of nitrogens with one attached hydrogen (secondary N) is 1. The minimum absolute atomic E-state index is 0. The first kappa shape index (κ1) is 21.0. The lowest BCUT2D eigenvalue weighted by Crippen LogP contribution is -2.24. The van der Waals surface area contributed by atoms with Gasteiger partial charge in [-0.15, -0.1) is 12.4 Å². The molecule has 0 bridgehead atoms. The van der Waals surface area contributed by atoms with E-state index in [9.17, 15) is 4.79 Å². The maximum Gasteiger partial charge on any atom is 0.258 e. The summed E-state index contributed by atoms with van der Waals surface area (Å²) in [7, 11) is 3.32. The zero-order valence-electron chi connectivity index (χ0n) is 14.0. The van der Waals surface area contributed by atoms with Gasteiger partial charge in [-0.25, -0.2) is 0 Å². The molecular weight excluding hydrogens is 371 g/mol. The Morgan fingerprint density at radius 2 is 2.20 bits per heavy atom. The van der Waals surface area contributed by atoms with E-state index in [0.29, 0.717) is 29.4 Å². The van der Waals surface area contributed by atoms with Gasteiger partial charge in [-0.05, 0) is 26.1 Å². The molecule has 0 radical (unpaired) electrons. The number of nitrogens with two attached hydrogens (primary N) is 1. The number of likely N-dealkylation sites (N-methyl/N-ethyl adjacent to an activating group) is 1. The standard InChI is InChI=1S/C15H19ClN4O4.ClH/c1-8(18-2)4-13-19-15(24-20-13)9-5-10(16)14(11(6-9)22-3)23-7-12(17)21;/h5-6,8,18H,4,7H2,1-3H3,(H2,17,21);1H. The van der Waals surface area contributed by atoms with Gasteiger partial charge in [-0.2, -0.15) is 4.98 Å². The first-order valence-electron chi connectivity index (χ1n) is 7.23. The van der Waals surface area contributed by atoms with Gasteiger partial charge in [0.05, 0.1) is 12.1 Å². The molecule has 0 spiro atoms. The number of aromatic nitrogens is 2. The summed E-state index contributed by atoms with van der Waals surface area (Å²) in [6.07, 6.45) is 0.630. The Bertz CT molecular complexity index is 724. The Morgan fingerprint density at radius 3 is 2.80 bits per heavy atom. The largest absolute Gasteiger partial charge is 0.493 e. The molecule has 0 saturated heterocycles. The van der Waals surface area contributed by atoms with Crippen LogP contribution >= 0.6 is 24.0 Å². The van der Waals surface area contributed by atoms with Crippen molar-refractivity contribution in [1.82, 2.24) is 15.5 Å². The molecule has 1 heterocycles. The summed E-state index contributed by atoms with van der Waals surface area (Å²) in [6, 6.07) is 3.46. The van der Waals surface area contributed by atoms with Crippen LogP contribution in [0.2, 0.25) is 5.02 Å². The van der Waals surface area contributed by atoms with Crippen LogP contribution in [0.1, 0.15) is 12.7 Å². The molecule has 0 fully saturated rings. The fourth-order valence-corrected chi connectivity index (χ4v) is 2.22. The van der Waals surface area contributed by atoms with Gasteiger partial charge in [0.2, 0.25) is 0 Å². The summed E-state index contributed by atoms with van der Waals surface area (Å²) in [5.41, 5.74) is 5.65. The van der Waals surface area contributed by atoms with Crippen LogP contribution in [0, 0.1) is 0 Å². The minimum Gasteiger partial charge on any atom is -0.493 e. The highest BCUT2D eigenvalue weighted by molar-refractivity contribution is 6.32. The normalized spacial score (nSPS) is 11.5. The van der Waals surface area contributed by atoms with Gasteiger partial charge in [0, 0.05) is 18.0 Å². The number of hydrogen-bond acceptors (Lipinski definition) is 7. The zero-order valence-corrected chi connectivity index (χ0v) is 15.6. The van der Waals surface area contributed by atoms with Gasteiger partial charge >= 0.3 is 0 Å². The van der Waals surface area contributed by atoms with E-state index in [0.717, 1.165) is 0 Å². The number of carbonyl (C=O) groups is 1. The molecule has 2 rings (SSSR count). The molecule has 0 aliphatic heterocycles. The van der Waals surface area contributed by atoms with Crippen LogP contribution in [0.5, 0.6) is 11.5 Å². The van der Waals surface area contributed by atoms with Crippen LogP contribution in [0.25, 0.3) is 11.5 Å². The number of hydrogen-bond donors (Lipinski definition) is 2. The lowest BCUT2D eigenvalue weighted by Gasteiger charge is -2.12. The molecule has 138 valence electrons. The van der Waals surface area contributed by atoms with Gasteiger partial charge < -0.3 is 25.0 Å². The van der Waals surface area contributed by atoms with Gasteiger partial charge in [-0.3, -0.25) is 4.79 Å². The number of carbonyl (C=O) groups excluding carboxylic acids is 1. The molecule has 8 nitrogen and oxygen atoms in total. The first-order valence-corrected chi connectivity index (χ1v) is 7.61. The predicted molar refractivity (Wildman–Crippen MR) is 95.5 cm³/mol. The molecule has 3 N–H and O–H groups in total. The topological polar surface area (TPSA) is 112 Å². The molecule has 25 heavy (non-hydrogen) atoms. The summed E-state index contributed by atoms with van der Waals surface area (Å²) in [5.74, 6) is 0.843. The summed E-state index contributed by atoms with van der Waals surface area (Å²) in [6.45, 7) is 1.71. The maximum atomic E-state index is 10.9. The molecule has 2 aromatic rings. The molecule has 1 atom stereocenters. The van der Waals surface area contributed by atoms with Gasteiger partial charge in [-0.1, -0.05) is 16.8 Å². The second kappa shape index (κ2) is 9.45. The number of methoxy groups -OCH3 is 1. The van der Waals surface area contributed by atoms with Crippen LogP contribution < -0.4 is 20.5 Å². The number of rotatable bonds is 8. The number of benzene rings is 1. The number of ether oxygens (including phenoxy) is 2. The minimum atomic E-state index is -0.614. The van der Waals surface area contributed by atoms with E-state index < -0.39 is 5.91 Å². The monoisotopic (exact) mass is 390 g/mol. The average Bonchev–Trinajstić information content (AvgIpc) is 3.01. The SMILES string of the molecule is CNC(C)Cc1noc(-c2cc(Cl)c(OCC(N)=O)c(OC)c2)n1.Cl. The van der Waals surface area contributed by atoms with Crippen LogP contribution in [0.3, 0.4) is 0 Å². The molecule has 0 aliphatic carbocycles. The molecule has 10 heteroatoms. The Hall–Kier alpha value is -2.03. The Morgan fingerprint density at radius 1 is 1.48 bits per heavy atom. The molecule has 1 amide bonds. The summed E-state index contributed by atoms with van der Waals surface area (Å²) < 4.78 is 15.8. The van der Waals surface area contributed by atoms with E-state index in [1.54, 1.807) is 12.1 Å². The zero-order chi connectivity index (χ0) is 17.7. The smallest absolute Gasteiger partial charge is 0.258 e. The maximum absolute atomic E-state index is 10.9. The average molecular weight is 391 g/mol. The van der Waals surface area contributed by atoms with E-state index in [1.165, 1.54) is 7.11 Å². The van der Waals surface area contributed by atoms with Crippen molar-refractivity contribution in [3.8, 4) is 23.0 Å². The van der Waals surface area contributed by atoms with Gasteiger partial charge in [0.15, 0.2) is 23.9 Å². The lowest BCUT2D eigenvalue weighted by molar-refractivity contribution is -0.119. The van der Waals surface area contributed by atoms with Crippen molar-refractivity contribution in [3.63, 3.8) is 0 Å². The predicted octanol–water partition coefficient (Wildman–Crippen LogP) is 1.83. The van der Waals surface area contributed by atoms with E-state index in [2.05, 4.69) is 15.5 Å². The van der Waals surface area contributed by atoms with E-state index in [1.807, 2.05) is 14.0 Å².